The maximum atomic E-state index is 12.1. The Labute approximate surface area is 244 Å². The number of carbonyl (C=O) groups is 3. The van der Waals surface area contributed by atoms with Gasteiger partial charge in [0, 0.05) is 59.3 Å². The van der Waals surface area contributed by atoms with Gasteiger partial charge in [0.2, 0.25) is 11.8 Å². The lowest BCUT2D eigenvalue weighted by atomic mass is 10.1. The van der Waals surface area contributed by atoms with Crippen molar-refractivity contribution in [2.24, 2.45) is 44.4 Å². The van der Waals surface area contributed by atoms with E-state index in [1.807, 2.05) is 0 Å². The summed E-state index contributed by atoms with van der Waals surface area (Å²) in [4.78, 5) is 45.7. The number of amides is 2. The highest BCUT2D eigenvalue weighted by atomic mass is 16.4. The molecule has 1 aliphatic rings. The largest absolute Gasteiger partial charge is 0.481 e. The summed E-state index contributed by atoms with van der Waals surface area (Å²) in [6.07, 6.45) is 4.18. The van der Waals surface area contributed by atoms with Crippen molar-refractivity contribution in [3.63, 3.8) is 0 Å². The first-order chi connectivity index (χ1) is 18.9. The van der Waals surface area contributed by atoms with Crippen LogP contribution < -0.4 is 45.0 Å². The van der Waals surface area contributed by atoms with Gasteiger partial charge in [0.1, 0.15) is 0 Å². The molecule has 16 heteroatoms. The number of carboxylic acid groups (broad SMARTS) is 1. The van der Waals surface area contributed by atoms with E-state index in [0.717, 1.165) is 59.0 Å². The molecule has 0 aliphatic carbocycles. The second kappa shape index (κ2) is 24.6. The van der Waals surface area contributed by atoms with Crippen LogP contribution >= 0.6 is 0 Å². The van der Waals surface area contributed by atoms with E-state index in [1.54, 1.807) is 0 Å². The Morgan fingerprint density at radius 1 is 0.732 bits per heavy atom. The van der Waals surface area contributed by atoms with Crippen LogP contribution in [0.3, 0.4) is 0 Å². The van der Waals surface area contributed by atoms with E-state index in [-0.39, 0.29) is 31.2 Å². The Morgan fingerprint density at radius 3 is 1.34 bits per heavy atom. The Kier molecular flexibility index (Phi) is 23.9. The Balaban J connectivity index is 0. The average Bonchev–Trinajstić information content (AvgIpc) is 2.89. The molecule has 0 aromatic heterocycles. The lowest BCUT2D eigenvalue weighted by Gasteiger charge is -2.34. The number of piperazine rings is 1. The first kappa shape index (κ1) is 39.9. The maximum absolute atomic E-state index is 12.1. The highest BCUT2D eigenvalue weighted by Crippen LogP contribution is 2.03. The van der Waals surface area contributed by atoms with Crippen molar-refractivity contribution in [2.75, 3.05) is 65.4 Å². The number of carboxylic acids is 1. The Bertz CT molecular complexity index is 719. The highest BCUT2D eigenvalue weighted by molar-refractivity contribution is 5.81. The van der Waals surface area contributed by atoms with Gasteiger partial charge in [-0.15, -0.1) is 0 Å². The predicted octanol–water partition coefficient (Wildman–Crippen LogP) is -2.89. The molecule has 15 N–H and O–H groups in total. The molecule has 1 saturated heterocycles. The van der Waals surface area contributed by atoms with E-state index >= 15 is 0 Å². The number of nitrogens with zero attached hydrogens (tertiary/aromatic N) is 4. The summed E-state index contributed by atoms with van der Waals surface area (Å²) >= 11 is 0. The number of carbonyl (C=O) groups excluding carboxylic acids is 2. The van der Waals surface area contributed by atoms with E-state index in [9.17, 15) is 9.59 Å². The van der Waals surface area contributed by atoms with Gasteiger partial charge in [0.15, 0.2) is 11.9 Å². The van der Waals surface area contributed by atoms with Gasteiger partial charge >= 0.3 is 0 Å². The van der Waals surface area contributed by atoms with Gasteiger partial charge in [-0.1, -0.05) is 7.43 Å². The third kappa shape index (κ3) is 24.3. The number of hydrogen-bond donors (Lipinski definition) is 9. The lowest BCUT2D eigenvalue weighted by Crippen LogP contribution is -2.48. The number of nitrogens with two attached hydrogens (primary N) is 6. The van der Waals surface area contributed by atoms with Crippen molar-refractivity contribution in [2.45, 2.75) is 65.0 Å². The molecule has 0 unspecified atom stereocenters. The summed E-state index contributed by atoms with van der Waals surface area (Å²) in [5, 5.41) is 13.2. The molecule has 0 radical (unpaired) electrons. The van der Waals surface area contributed by atoms with Gasteiger partial charge in [0.05, 0.1) is 12.1 Å². The van der Waals surface area contributed by atoms with Gasteiger partial charge in [-0.3, -0.25) is 24.4 Å². The number of guanidine groups is 2. The molecule has 41 heavy (non-hydrogen) atoms. The van der Waals surface area contributed by atoms with Crippen molar-refractivity contribution in [1.29, 1.82) is 0 Å². The van der Waals surface area contributed by atoms with E-state index in [0.29, 0.717) is 51.9 Å². The molecule has 16 nitrogen and oxygen atoms in total. The summed E-state index contributed by atoms with van der Waals surface area (Å²) in [6.45, 7) is 9.08. The number of aliphatic carboxylic acids is 1. The van der Waals surface area contributed by atoms with Crippen LogP contribution in [0.2, 0.25) is 0 Å². The minimum atomic E-state index is -0.833. The number of nitrogens with one attached hydrogen (secondary N) is 2. The zero-order valence-electron chi connectivity index (χ0n) is 23.9. The minimum Gasteiger partial charge on any atom is -0.481 e. The fourth-order valence-corrected chi connectivity index (χ4v) is 3.83. The van der Waals surface area contributed by atoms with Gasteiger partial charge in [-0.25, -0.2) is 0 Å². The van der Waals surface area contributed by atoms with E-state index < -0.39 is 18.1 Å². The molecule has 0 bridgehead atoms. The Hall–Kier alpha value is -3.21. The highest BCUT2D eigenvalue weighted by Gasteiger charge is 2.17. The zero-order chi connectivity index (χ0) is 30.3. The smallest absolute Gasteiger partial charge is 0.300 e. The fraction of sp³-hybridized carbons (Fsp3) is 0.800. The molecule has 0 spiro atoms. The van der Waals surface area contributed by atoms with Crippen LogP contribution in [0.4, 0.5) is 0 Å². The number of hydrogen-bond acceptors (Lipinski definition) is 9. The molecule has 0 saturated carbocycles. The first-order valence-corrected chi connectivity index (χ1v) is 13.7. The second-order valence-electron chi connectivity index (χ2n) is 9.60. The van der Waals surface area contributed by atoms with Gasteiger partial charge < -0.3 is 59.9 Å². The third-order valence-corrected chi connectivity index (χ3v) is 5.97. The molecule has 2 amide bonds. The molecule has 0 aromatic carbocycles. The summed E-state index contributed by atoms with van der Waals surface area (Å²) in [5.74, 6) is -1.01. The molecule has 0 aromatic rings. The first-order valence-electron chi connectivity index (χ1n) is 13.7. The van der Waals surface area contributed by atoms with Crippen molar-refractivity contribution in [3.05, 3.63) is 0 Å². The zero-order valence-corrected chi connectivity index (χ0v) is 23.9. The van der Waals surface area contributed by atoms with Crippen LogP contribution in [-0.4, -0.2) is 122 Å². The topological polar surface area (TPSA) is 283 Å². The molecular weight excluding hydrogens is 532 g/mol. The summed E-state index contributed by atoms with van der Waals surface area (Å²) in [7, 11) is 0. The average molecular weight is 589 g/mol. The molecule has 240 valence electrons. The fourth-order valence-electron chi connectivity index (χ4n) is 3.83. The maximum Gasteiger partial charge on any atom is 0.300 e. The summed E-state index contributed by atoms with van der Waals surface area (Å²) in [6, 6.07) is -1.08. The van der Waals surface area contributed by atoms with Crippen LogP contribution in [0.5, 0.6) is 0 Å². The number of aliphatic imine (C=N–C) groups is 2. The van der Waals surface area contributed by atoms with E-state index in [2.05, 4.69) is 30.4 Å². The van der Waals surface area contributed by atoms with Crippen LogP contribution in [0.15, 0.2) is 9.98 Å². The van der Waals surface area contributed by atoms with Gasteiger partial charge in [0.25, 0.3) is 5.97 Å². The van der Waals surface area contributed by atoms with Crippen molar-refractivity contribution < 1.29 is 19.5 Å². The van der Waals surface area contributed by atoms with Crippen LogP contribution in [0.1, 0.15) is 52.9 Å². The van der Waals surface area contributed by atoms with Crippen LogP contribution in [0, 0.1) is 0 Å². The van der Waals surface area contributed by atoms with E-state index in [1.165, 1.54) is 0 Å². The summed E-state index contributed by atoms with van der Waals surface area (Å²) in [5.41, 5.74) is 32.9. The molecule has 1 fully saturated rings. The SMILES string of the molecule is C.CC(=O)O.NC(N)=NCCC[C@H](N)C(=O)NCCCN1CCN(CCCNC(=O)[C@@H](N)CCCN=C(N)N)CC1. The normalized spacial score (nSPS) is 14.7. The third-order valence-electron chi connectivity index (χ3n) is 5.97. The minimum absolute atomic E-state index is 0. The van der Waals surface area contributed by atoms with Gasteiger partial charge in [-0.2, -0.15) is 0 Å². The Morgan fingerprint density at radius 2 is 1.05 bits per heavy atom. The van der Waals surface area contributed by atoms with Crippen molar-refractivity contribution in [3.8, 4) is 0 Å². The lowest BCUT2D eigenvalue weighted by molar-refractivity contribution is -0.134. The number of rotatable bonds is 18. The predicted molar refractivity (Wildman–Crippen MR) is 164 cm³/mol. The quantitative estimate of drug-likeness (QED) is 0.0443. The van der Waals surface area contributed by atoms with Crippen LogP contribution in [0.25, 0.3) is 0 Å². The standard InChI is InChI=1S/C22H48N12O2.C2H4O2.CH4/c23-17(5-1-7-31-21(25)26)19(35)29-9-3-11-33-13-15-34(16-14-33)12-4-10-30-20(36)18(24)6-2-8-32-22(27)28;1-2(3)4;/h17-18H,1-16,23-24H2,(H,29,35)(H,30,36)(H4,25,26,31)(H4,27,28,32);1H3,(H,3,4);1H4/t17-,18-;;/m0../s1. The molecular formula is C25H56N12O4. The molecule has 2 atom stereocenters. The molecule has 1 heterocycles. The van der Waals surface area contributed by atoms with Crippen LogP contribution in [-0.2, 0) is 14.4 Å². The monoisotopic (exact) mass is 588 g/mol. The van der Waals surface area contributed by atoms with Gasteiger partial charge in [-0.05, 0) is 51.6 Å². The van der Waals surface area contributed by atoms with Crippen molar-refractivity contribution in [1.82, 2.24) is 20.4 Å². The molecule has 1 rings (SSSR count). The molecule has 1 aliphatic heterocycles. The summed E-state index contributed by atoms with van der Waals surface area (Å²) < 4.78 is 0. The van der Waals surface area contributed by atoms with E-state index in [4.69, 9.17) is 44.3 Å². The second-order valence-corrected chi connectivity index (χ2v) is 9.60. The van der Waals surface area contributed by atoms with Crippen molar-refractivity contribution >= 4 is 29.7 Å².